The summed E-state index contributed by atoms with van der Waals surface area (Å²) >= 11 is 0. The van der Waals surface area contributed by atoms with Crippen LogP contribution in [0.25, 0.3) is 0 Å². The third-order valence-corrected chi connectivity index (χ3v) is 3.37. The molecule has 13 heavy (non-hydrogen) atoms. The molecule has 2 unspecified atom stereocenters. The molecule has 1 rings (SSSR count). The van der Waals surface area contributed by atoms with Crippen LogP contribution in [0.5, 0.6) is 0 Å². The van der Waals surface area contributed by atoms with Crippen molar-refractivity contribution < 1.29 is 5.11 Å². The van der Waals surface area contributed by atoms with Crippen molar-refractivity contribution in [2.75, 3.05) is 0 Å². The van der Waals surface area contributed by atoms with Crippen LogP contribution < -0.4 is 0 Å². The normalized spacial score (nSPS) is 34.5. The van der Waals surface area contributed by atoms with E-state index in [4.69, 9.17) is 0 Å². The van der Waals surface area contributed by atoms with Crippen molar-refractivity contribution in [2.45, 2.75) is 46.1 Å². The molecule has 0 amide bonds. The van der Waals surface area contributed by atoms with Crippen LogP contribution in [-0.4, -0.2) is 10.7 Å². The SMILES string of the molecule is CC(C)C1C=CCC(O)(C(C)C)C1. The van der Waals surface area contributed by atoms with E-state index >= 15 is 0 Å². The Balaban J connectivity index is 2.70. The molecule has 0 spiro atoms. The molecule has 1 heteroatoms. The smallest absolute Gasteiger partial charge is 0.0710 e. The topological polar surface area (TPSA) is 20.2 Å². The van der Waals surface area contributed by atoms with Crippen LogP contribution in [0.3, 0.4) is 0 Å². The summed E-state index contributed by atoms with van der Waals surface area (Å²) in [6, 6.07) is 0. The zero-order valence-electron chi connectivity index (χ0n) is 9.25. The third-order valence-electron chi connectivity index (χ3n) is 3.37. The Bertz CT molecular complexity index is 193. The van der Waals surface area contributed by atoms with Crippen LogP contribution in [0.15, 0.2) is 12.2 Å². The van der Waals surface area contributed by atoms with Crippen LogP contribution in [0.2, 0.25) is 0 Å². The summed E-state index contributed by atoms with van der Waals surface area (Å²) in [5.74, 6) is 1.56. The Morgan fingerprint density at radius 1 is 1.31 bits per heavy atom. The van der Waals surface area contributed by atoms with Crippen molar-refractivity contribution >= 4 is 0 Å². The Morgan fingerprint density at radius 2 is 1.92 bits per heavy atom. The van der Waals surface area contributed by atoms with Gasteiger partial charge in [-0.15, -0.1) is 0 Å². The summed E-state index contributed by atoms with van der Waals surface area (Å²) in [7, 11) is 0. The Kier molecular flexibility index (Phi) is 3.18. The summed E-state index contributed by atoms with van der Waals surface area (Å²) in [4.78, 5) is 0. The highest BCUT2D eigenvalue weighted by atomic mass is 16.3. The first-order valence-electron chi connectivity index (χ1n) is 5.35. The molecule has 0 heterocycles. The first-order valence-corrected chi connectivity index (χ1v) is 5.35. The van der Waals surface area contributed by atoms with Gasteiger partial charge in [-0.3, -0.25) is 0 Å². The van der Waals surface area contributed by atoms with E-state index in [9.17, 15) is 5.11 Å². The predicted octanol–water partition coefficient (Wildman–Crippen LogP) is 3.00. The summed E-state index contributed by atoms with van der Waals surface area (Å²) in [5, 5.41) is 10.3. The molecule has 0 aromatic heterocycles. The van der Waals surface area contributed by atoms with E-state index in [1.165, 1.54) is 0 Å². The number of hydrogen-bond acceptors (Lipinski definition) is 1. The van der Waals surface area contributed by atoms with Crippen LogP contribution in [0, 0.1) is 17.8 Å². The molecule has 0 aromatic carbocycles. The maximum atomic E-state index is 10.3. The molecule has 0 radical (unpaired) electrons. The molecule has 1 nitrogen and oxygen atoms in total. The summed E-state index contributed by atoms with van der Waals surface area (Å²) in [6.45, 7) is 8.66. The molecule has 1 aliphatic carbocycles. The van der Waals surface area contributed by atoms with Crippen LogP contribution in [0.4, 0.5) is 0 Å². The first-order chi connectivity index (χ1) is 5.96. The third kappa shape index (κ3) is 2.34. The van der Waals surface area contributed by atoms with Crippen molar-refractivity contribution in [1.29, 1.82) is 0 Å². The molecule has 1 aliphatic rings. The van der Waals surface area contributed by atoms with Gasteiger partial charge in [-0.2, -0.15) is 0 Å². The van der Waals surface area contributed by atoms with E-state index in [0.29, 0.717) is 17.8 Å². The van der Waals surface area contributed by atoms with Crippen molar-refractivity contribution in [3.05, 3.63) is 12.2 Å². The fourth-order valence-corrected chi connectivity index (χ4v) is 1.94. The zero-order valence-corrected chi connectivity index (χ0v) is 9.25. The lowest BCUT2D eigenvalue weighted by Crippen LogP contribution is -2.39. The largest absolute Gasteiger partial charge is 0.389 e. The minimum absolute atomic E-state index is 0.360. The fraction of sp³-hybridized carbons (Fsp3) is 0.833. The van der Waals surface area contributed by atoms with Gasteiger partial charge in [0.15, 0.2) is 0 Å². The van der Waals surface area contributed by atoms with Crippen LogP contribution in [-0.2, 0) is 0 Å². The molecule has 2 atom stereocenters. The molecule has 0 fully saturated rings. The second-order valence-corrected chi connectivity index (χ2v) is 5.00. The predicted molar refractivity (Wildman–Crippen MR) is 56.5 cm³/mol. The van der Waals surface area contributed by atoms with Gasteiger partial charge >= 0.3 is 0 Å². The van der Waals surface area contributed by atoms with E-state index in [0.717, 1.165) is 12.8 Å². The van der Waals surface area contributed by atoms with Gasteiger partial charge < -0.3 is 5.11 Å². The molecular weight excluding hydrogens is 160 g/mol. The van der Waals surface area contributed by atoms with E-state index in [1.54, 1.807) is 0 Å². The molecule has 0 aromatic rings. The molecule has 0 saturated heterocycles. The molecule has 0 bridgehead atoms. The van der Waals surface area contributed by atoms with Gasteiger partial charge in [0.05, 0.1) is 5.60 Å². The highest BCUT2D eigenvalue weighted by Gasteiger charge is 2.35. The number of hydrogen-bond donors (Lipinski definition) is 1. The Hall–Kier alpha value is -0.300. The average molecular weight is 182 g/mol. The highest BCUT2D eigenvalue weighted by Crippen LogP contribution is 2.36. The lowest BCUT2D eigenvalue weighted by molar-refractivity contribution is -0.0288. The minimum Gasteiger partial charge on any atom is -0.389 e. The van der Waals surface area contributed by atoms with Gasteiger partial charge in [0.2, 0.25) is 0 Å². The number of allylic oxidation sites excluding steroid dienone is 1. The molecule has 1 N–H and O–H groups in total. The monoisotopic (exact) mass is 182 g/mol. The number of aliphatic hydroxyl groups is 1. The van der Waals surface area contributed by atoms with Gasteiger partial charge in [0.25, 0.3) is 0 Å². The van der Waals surface area contributed by atoms with E-state index in [2.05, 4.69) is 39.8 Å². The second-order valence-electron chi connectivity index (χ2n) is 5.00. The summed E-state index contributed by atoms with van der Waals surface area (Å²) in [5.41, 5.74) is -0.455. The van der Waals surface area contributed by atoms with Crippen molar-refractivity contribution in [1.82, 2.24) is 0 Å². The molecule has 0 aliphatic heterocycles. The lowest BCUT2D eigenvalue weighted by Gasteiger charge is -2.38. The standard InChI is InChI=1S/C12H22O/c1-9(2)11-6-5-7-12(13,8-11)10(3)4/h5-6,9-11,13H,7-8H2,1-4H3. The fourth-order valence-electron chi connectivity index (χ4n) is 1.94. The maximum absolute atomic E-state index is 10.3. The van der Waals surface area contributed by atoms with Gasteiger partial charge in [-0.1, -0.05) is 39.8 Å². The van der Waals surface area contributed by atoms with Gasteiger partial charge in [0, 0.05) is 0 Å². The van der Waals surface area contributed by atoms with Crippen LogP contribution >= 0.6 is 0 Å². The Morgan fingerprint density at radius 3 is 2.38 bits per heavy atom. The van der Waals surface area contributed by atoms with Gasteiger partial charge in [0.1, 0.15) is 0 Å². The van der Waals surface area contributed by atoms with E-state index in [1.807, 2.05) is 0 Å². The maximum Gasteiger partial charge on any atom is 0.0710 e. The quantitative estimate of drug-likeness (QED) is 0.651. The molecule has 0 saturated carbocycles. The average Bonchev–Trinajstić information content (AvgIpc) is 2.04. The van der Waals surface area contributed by atoms with Crippen LogP contribution in [0.1, 0.15) is 40.5 Å². The van der Waals surface area contributed by atoms with Gasteiger partial charge in [-0.05, 0) is 30.6 Å². The van der Waals surface area contributed by atoms with Crippen molar-refractivity contribution in [2.24, 2.45) is 17.8 Å². The highest BCUT2D eigenvalue weighted by molar-refractivity contribution is 5.04. The van der Waals surface area contributed by atoms with E-state index < -0.39 is 5.60 Å². The molecule has 76 valence electrons. The number of rotatable bonds is 2. The summed E-state index contributed by atoms with van der Waals surface area (Å²) < 4.78 is 0. The molecular formula is C12H22O. The lowest BCUT2D eigenvalue weighted by atomic mass is 9.73. The van der Waals surface area contributed by atoms with E-state index in [-0.39, 0.29) is 0 Å². The zero-order chi connectivity index (χ0) is 10.1. The summed E-state index contributed by atoms with van der Waals surface area (Å²) in [6.07, 6.45) is 6.17. The second kappa shape index (κ2) is 3.83. The Labute approximate surface area is 81.9 Å². The first kappa shape index (κ1) is 10.8. The van der Waals surface area contributed by atoms with Crippen molar-refractivity contribution in [3.8, 4) is 0 Å². The van der Waals surface area contributed by atoms with Gasteiger partial charge in [-0.25, -0.2) is 0 Å². The minimum atomic E-state index is -0.455. The van der Waals surface area contributed by atoms with Crippen molar-refractivity contribution in [3.63, 3.8) is 0 Å².